The van der Waals surface area contributed by atoms with Crippen molar-refractivity contribution in [2.45, 2.75) is 58.5 Å². The molecule has 0 aromatic rings. The second-order valence-corrected chi connectivity index (χ2v) is 4.79. The van der Waals surface area contributed by atoms with Gasteiger partial charge in [0.15, 0.2) is 0 Å². The minimum absolute atomic E-state index is 0.149. The number of nitrogens with zero attached hydrogens (tertiary/aromatic N) is 1. The highest BCUT2D eigenvalue weighted by Crippen LogP contribution is 2.23. The van der Waals surface area contributed by atoms with E-state index in [9.17, 15) is 4.79 Å². The van der Waals surface area contributed by atoms with Crippen molar-refractivity contribution in [1.82, 2.24) is 4.90 Å². The maximum atomic E-state index is 12.0. The molecule has 1 amide bonds. The maximum absolute atomic E-state index is 12.0. The van der Waals surface area contributed by atoms with Gasteiger partial charge >= 0.3 is 0 Å². The van der Waals surface area contributed by atoms with Gasteiger partial charge in [0.1, 0.15) is 0 Å². The van der Waals surface area contributed by atoms with Crippen molar-refractivity contribution < 1.29 is 4.79 Å². The van der Waals surface area contributed by atoms with Gasteiger partial charge in [-0.15, -0.1) is 0 Å². The summed E-state index contributed by atoms with van der Waals surface area (Å²) < 4.78 is 0. The number of hydrogen-bond acceptors (Lipinski definition) is 2. The van der Waals surface area contributed by atoms with Crippen molar-refractivity contribution in [3.8, 4) is 0 Å². The summed E-state index contributed by atoms with van der Waals surface area (Å²) in [5.74, 6) is 0.757. The lowest BCUT2D eigenvalue weighted by Gasteiger charge is -2.39. The van der Waals surface area contributed by atoms with Crippen LogP contribution in [0.15, 0.2) is 0 Å². The maximum Gasteiger partial charge on any atom is 0.239 e. The molecule has 3 nitrogen and oxygen atoms in total. The van der Waals surface area contributed by atoms with Crippen LogP contribution in [0.4, 0.5) is 0 Å². The zero-order valence-electron chi connectivity index (χ0n) is 10.2. The smallest absolute Gasteiger partial charge is 0.239 e. The average molecular weight is 212 g/mol. The van der Waals surface area contributed by atoms with Crippen LogP contribution in [0.2, 0.25) is 0 Å². The van der Waals surface area contributed by atoms with Gasteiger partial charge in [0.2, 0.25) is 5.91 Å². The van der Waals surface area contributed by atoms with Crippen molar-refractivity contribution in [3.63, 3.8) is 0 Å². The van der Waals surface area contributed by atoms with Gasteiger partial charge in [0, 0.05) is 12.6 Å². The molecule has 2 unspecified atom stereocenters. The van der Waals surface area contributed by atoms with Crippen LogP contribution in [-0.2, 0) is 4.79 Å². The van der Waals surface area contributed by atoms with E-state index >= 15 is 0 Å². The van der Waals surface area contributed by atoms with Gasteiger partial charge in [-0.25, -0.2) is 0 Å². The highest BCUT2D eigenvalue weighted by Gasteiger charge is 2.30. The minimum atomic E-state index is -0.289. The Balaban J connectivity index is 2.57. The predicted molar refractivity (Wildman–Crippen MR) is 62.5 cm³/mol. The molecule has 15 heavy (non-hydrogen) atoms. The first-order valence-corrected chi connectivity index (χ1v) is 6.14. The van der Waals surface area contributed by atoms with E-state index in [1.807, 2.05) is 4.90 Å². The third kappa shape index (κ3) is 2.94. The van der Waals surface area contributed by atoms with Crippen molar-refractivity contribution in [3.05, 3.63) is 0 Å². The molecule has 0 aromatic carbocycles. The van der Waals surface area contributed by atoms with Gasteiger partial charge in [-0.3, -0.25) is 4.79 Å². The highest BCUT2D eigenvalue weighted by atomic mass is 16.2. The molecule has 1 aliphatic rings. The summed E-state index contributed by atoms with van der Waals surface area (Å²) in [6.07, 6.45) is 4.13. The zero-order valence-corrected chi connectivity index (χ0v) is 10.2. The number of likely N-dealkylation sites (tertiary alicyclic amines) is 1. The molecule has 0 spiro atoms. The number of piperidine rings is 1. The first kappa shape index (κ1) is 12.5. The Morgan fingerprint density at radius 2 is 2.20 bits per heavy atom. The molecule has 0 aliphatic carbocycles. The molecule has 0 aromatic heterocycles. The molecule has 1 aliphatic heterocycles. The van der Waals surface area contributed by atoms with Crippen LogP contribution < -0.4 is 5.73 Å². The van der Waals surface area contributed by atoms with E-state index in [4.69, 9.17) is 5.73 Å². The fourth-order valence-electron chi connectivity index (χ4n) is 2.29. The molecule has 2 N–H and O–H groups in total. The largest absolute Gasteiger partial charge is 0.338 e. The van der Waals surface area contributed by atoms with Crippen LogP contribution in [0.25, 0.3) is 0 Å². The van der Waals surface area contributed by atoms with Crippen molar-refractivity contribution in [2.75, 3.05) is 6.54 Å². The topological polar surface area (TPSA) is 46.3 Å². The van der Waals surface area contributed by atoms with Gasteiger partial charge in [-0.1, -0.05) is 20.3 Å². The lowest BCUT2D eigenvalue weighted by molar-refractivity contribution is -0.137. The lowest BCUT2D eigenvalue weighted by atomic mass is 9.91. The Morgan fingerprint density at radius 3 is 2.80 bits per heavy atom. The Morgan fingerprint density at radius 1 is 1.53 bits per heavy atom. The molecule has 88 valence electrons. The van der Waals surface area contributed by atoms with E-state index in [0.29, 0.717) is 12.0 Å². The van der Waals surface area contributed by atoms with Crippen LogP contribution >= 0.6 is 0 Å². The molecule has 1 heterocycles. The van der Waals surface area contributed by atoms with Crippen LogP contribution in [-0.4, -0.2) is 29.4 Å². The van der Waals surface area contributed by atoms with E-state index in [1.165, 1.54) is 6.42 Å². The molecular formula is C12H24N2O. The fraction of sp³-hybridized carbons (Fsp3) is 0.917. The standard InChI is InChI=1S/C12H24N2O/c1-4-6-11(13)12(15)14-8-5-7-9(2)10(14)3/h9-11H,4-8,13H2,1-3H3/t9?,10?,11-/m1/s1. The van der Waals surface area contributed by atoms with Gasteiger partial charge in [0.05, 0.1) is 6.04 Å². The Labute approximate surface area is 93.0 Å². The van der Waals surface area contributed by atoms with Crippen LogP contribution in [0.5, 0.6) is 0 Å². The van der Waals surface area contributed by atoms with Crippen LogP contribution in [0.1, 0.15) is 46.5 Å². The Bertz CT molecular complexity index is 218. The van der Waals surface area contributed by atoms with E-state index < -0.39 is 0 Å². The molecule has 1 saturated heterocycles. The monoisotopic (exact) mass is 212 g/mol. The first-order chi connectivity index (χ1) is 7.07. The molecule has 0 radical (unpaired) electrons. The third-order valence-corrected chi connectivity index (χ3v) is 3.57. The van der Waals surface area contributed by atoms with Gasteiger partial charge in [-0.05, 0) is 32.1 Å². The van der Waals surface area contributed by atoms with E-state index in [2.05, 4.69) is 20.8 Å². The molecule has 1 fully saturated rings. The summed E-state index contributed by atoms with van der Waals surface area (Å²) in [7, 11) is 0. The second-order valence-electron chi connectivity index (χ2n) is 4.79. The quantitative estimate of drug-likeness (QED) is 0.775. The van der Waals surface area contributed by atoms with Crippen LogP contribution in [0, 0.1) is 5.92 Å². The summed E-state index contributed by atoms with van der Waals surface area (Å²) >= 11 is 0. The van der Waals surface area contributed by atoms with Gasteiger partial charge in [0.25, 0.3) is 0 Å². The fourth-order valence-corrected chi connectivity index (χ4v) is 2.29. The summed E-state index contributed by atoms with van der Waals surface area (Å²) in [5.41, 5.74) is 5.88. The Kier molecular flexibility index (Phi) is 4.58. The summed E-state index contributed by atoms with van der Waals surface area (Å²) in [4.78, 5) is 14.0. The predicted octanol–water partition coefficient (Wildman–Crippen LogP) is 1.76. The number of amides is 1. The summed E-state index contributed by atoms with van der Waals surface area (Å²) in [5, 5.41) is 0. The SMILES string of the molecule is CCC[C@@H](N)C(=O)N1CCCC(C)C1C. The van der Waals surface area contributed by atoms with Gasteiger partial charge < -0.3 is 10.6 Å². The number of carbonyl (C=O) groups is 1. The third-order valence-electron chi connectivity index (χ3n) is 3.57. The molecular weight excluding hydrogens is 188 g/mol. The van der Waals surface area contributed by atoms with Crippen molar-refractivity contribution in [2.24, 2.45) is 11.7 Å². The molecule has 0 saturated carbocycles. The number of hydrogen-bond donors (Lipinski definition) is 1. The average Bonchev–Trinajstić information content (AvgIpc) is 2.21. The van der Waals surface area contributed by atoms with E-state index in [-0.39, 0.29) is 11.9 Å². The normalized spacial score (nSPS) is 28.9. The summed E-state index contributed by atoms with van der Waals surface area (Å²) in [6.45, 7) is 7.31. The van der Waals surface area contributed by atoms with Crippen molar-refractivity contribution >= 4 is 5.91 Å². The van der Waals surface area contributed by atoms with E-state index in [0.717, 1.165) is 25.8 Å². The number of rotatable bonds is 3. The van der Waals surface area contributed by atoms with E-state index in [1.54, 1.807) is 0 Å². The molecule has 3 atom stereocenters. The second kappa shape index (κ2) is 5.50. The highest BCUT2D eigenvalue weighted by molar-refractivity contribution is 5.82. The summed E-state index contributed by atoms with van der Waals surface area (Å²) in [6, 6.07) is 0.0666. The molecule has 0 bridgehead atoms. The molecule has 3 heteroatoms. The number of carbonyl (C=O) groups excluding carboxylic acids is 1. The minimum Gasteiger partial charge on any atom is -0.338 e. The zero-order chi connectivity index (χ0) is 11.4. The first-order valence-electron chi connectivity index (χ1n) is 6.14. The van der Waals surface area contributed by atoms with Crippen LogP contribution in [0.3, 0.4) is 0 Å². The molecule has 1 rings (SSSR count). The van der Waals surface area contributed by atoms with Gasteiger partial charge in [-0.2, -0.15) is 0 Å². The van der Waals surface area contributed by atoms with Crippen molar-refractivity contribution in [1.29, 1.82) is 0 Å². The Hall–Kier alpha value is -0.570. The lowest BCUT2D eigenvalue weighted by Crippen LogP contribution is -2.52. The number of nitrogens with two attached hydrogens (primary N) is 1.